The number of aromatic nitrogens is 2. The highest BCUT2D eigenvalue weighted by Gasteiger charge is 2.08. The molecule has 1 aromatic rings. The molecule has 0 spiro atoms. The van der Waals surface area contributed by atoms with Gasteiger partial charge in [0.25, 0.3) is 0 Å². The smallest absolute Gasteiger partial charge is 0.376 e. The second-order valence-electron chi connectivity index (χ2n) is 5.16. The van der Waals surface area contributed by atoms with Gasteiger partial charge in [0, 0.05) is 12.7 Å². The van der Waals surface area contributed by atoms with Crippen LogP contribution in [-0.2, 0) is 4.74 Å². The van der Waals surface area contributed by atoms with Gasteiger partial charge in [-0.3, -0.25) is 0 Å². The van der Waals surface area contributed by atoms with Crippen LogP contribution in [0.5, 0.6) is 0 Å². The lowest BCUT2D eigenvalue weighted by molar-refractivity contribution is 0.0587. The largest absolute Gasteiger partial charge is 0.463 e. The molecule has 21 heavy (non-hydrogen) atoms. The van der Waals surface area contributed by atoms with Crippen LogP contribution in [0.1, 0.15) is 68.9 Å². The van der Waals surface area contributed by atoms with Crippen molar-refractivity contribution >= 4 is 11.8 Å². The zero-order chi connectivity index (χ0) is 15.3. The van der Waals surface area contributed by atoms with Gasteiger partial charge in [-0.05, 0) is 12.5 Å². The van der Waals surface area contributed by atoms with E-state index >= 15 is 0 Å². The zero-order valence-electron chi connectivity index (χ0n) is 13.2. The fourth-order valence-corrected chi connectivity index (χ4v) is 2.12. The topological polar surface area (TPSA) is 64.1 Å². The third kappa shape index (κ3) is 7.63. The molecule has 0 atom stereocenters. The van der Waals surface area contributed by atoms with Crippen molar-refractivity contribution in [1.82, 2.24) is 9.97 Å². The lowest BCUT2D eigenvalue weighted by Gasteiger charge is -2.06. The number of methoxy groups -OCH3 is 1. The van der Waals surface area contributed by atoms with Crippen LogP contribution in [0.25, 0.3) is 0 Å². The summed E-state index contributed by atoms with van der Waals surface area (Å²) in [6.07, 6.45) is 11.9. The maximum absolute atomic E-state index is 11.3. The summed E-state index contributed by atoms with van der Waals surface area (Å²) < 4.78 is 4.60. The van der Waals surface area contributed by atoms with Crippen LogP contribution in [-0.4, -0.2) is 29.6 Å². The minimum atomic E-state index is -0.509. The quantitative estimate of drug-likeness (QED) is 0.496. The zero-order valence-corrected chi connectivity index (χ0v) is 13.2. The molecule has 118 valence electrons. The summed E-state index contributed by atoms with van der Waals surface area (Å²) in [5.41, 5.74) is 0. The monoisotopic (exact) mass is 293 g/mol. The maximum Gasteiger partial charge on any atom is 0.376 e. The molecule has 1 N–H and O–H groups in total. The van der Waals surface area contributed by atoms with Crippen LogP contribution in [0.4, 0.5) is 5.82 Å². The van der Waals surface area contributed by atoms with Crippen LogP contribution in [0, 0.1) is 0 Å². The first-order chi connectivity index (χ1) is 10.3. The second kappa shape index (κ2) is 11.1. The van der Waals surface area contributed by atoms with E-state index in [1.807, 2.05) is 0 Å². The Kier molecular flexibility index (Phi) is 9.16. The first-order valence-corrected chi connectivity index (χ1v) is 7.93. The normalized spacial score (nSPS) is 10.4. The van der Waals surface area contributed by atoms with Crippen LogP contribution < -0.4 is 5.32 Å². The van der Waals surface area contributed by atoms with E-state index in [4.69, 9.17) is 0 Å². The molecule has 0 radical (unpaired) electrons. The average Bonchev–Trinajstić information content (AvgIpc) is 2.53. The van der Waals surface area contributed by atoms with E-state index in [-0.39, 0.29) is 5.82 Å². The predicted octanol–water partition coefficient (Wildman–Crippen LogP) is 3.82. The van der Waals surface area contributed by atoms with E-state index in [2.05, 4.69) is 26.9 Å². The summed E-state index contributed by atoms with van der Waals surface area (Å²) in [7, 11) is 1.33. The van der Waals surface area contributed by atoms with Gasteiger partial charge >= 0.3 is 5.97 Å². The van der Waals surface area contributed by atoms with Gasteiger partial charge < -0.3 is 10.1 Å². The van der Waals surface area contributed by atoms with E-state index in [0.29, 0.717) is 5.82 Å². The van der Waals surface area contributed by atoms with Crippen molar-refractivity contribution in [2.24, 2.45) is 0 Å². The van der Waals surface area contributed by atoms with Crippen molar-refractivity contribution in [1.29, 1.82) is 0 Å². The first kappa shape index (κ1) is 17.4. The van der Waals surface area contributed by atoms with Crippen molar-refractivity contribution in [2.75, 3.05) is 19.0 Å². The number of carbonyl (C=O) groups excluding carboxylic acids is 1. The number of rotatable bonds is 11. The molecule has 0 bridgehead atoms. The maximum atomic E-state index is 11.3. The molecule has 1 aromatic heterocycles. The summed E-state index contributed by atoms with van der Waals surface area (Å²) in [4.78, 5) is 19.3. The first-order valence-electron chi connectivity index (χ1n) is 7.93. The molecule has 0 saturated carbocycles. The number of nitrogens with one attached hydrogen (secondary N) is 1. The Balaban J connectivity index is 2.11. The molecular formula is C16H27N3O2. The third-order valence-electron chi connectivity index (χ3n) is 3.36. The SMILES string of the molecule is CCCCCCCCCCNc1ccnc(C(=O)OC)n1. The van der Waals surface area contributed by atoms with Crippen LogP contribution in [0.15, 0.2) is 12.3 Å². The third-order valence-corrected chi connectivity index (χ3v) is 3.36. The summed E-state index contributed by atoms with van der Waals surface area (Å²) >= 11 is 0. The molecule has 5 nitrogen and oxygen atoms in total. The van der Waals surface area contributed by atoms with Crippen molar-refractivity contribution in [3.8, 4) is 0 Å². The Morgan fingerprint density at radius 2 is 1.81 bits per heavy atom. The summed E-state index contributed by atoms with van der Waals surface area (Å²) in [6, 6.07) is 1.76. The minimum Gasteiger partial charge on any atom is -0.463 e. The van der Waals surface area contributed by atoms with Crippen molar-refractivity contribution in [2.45, 2.75) is 58.3 Å². The van der Waals surface area contributed by atoms with Crippen LogP contribution in [0.2, 0.25) is 0 Å². The summed E-state index contributed by atoms with van der Waals surface area (Å²) in [5.74, 6) is 0.262. The lowest BCUT2D eigenvalue weighted by atomic mass is 10.1. The summed E-state index contributed by atoms with van der Waals surface area (Å²) in [6.45, 7) is 3.11. The number of hydrogen-bond donors (Lipinski definition) is 1. The highest BCUT2D eigenvalue weighted by atomic mass is 16.5. The Labute approximate surface area is 127 Å². The van der Waals surface area contributed by atoms with E-state index in [9.17, 15) is 4.79 Å². The van der Waals surface area contributed by atoms with E-state index in [0.717, 1.165) is 13.0 Å². The van der Waals surface area contributed by atoms with Crippen LogP contribution >= 0.6 is 0 Å². The number of anilines is 1. The van der Waals surface area contributed by atoms with Gasteiger partial charge in [0.2, 0.25) is 5.82 Å². The van der Waals surface area contributed by atoms with E-state index in [1.54, 1.807) is 12.3 Å². The molecular weight excluding hydrogens is 266 g/mol. The van der Waals surface area contributed by atoms with Gasteiger partial charge in [-0.25, -0.2) is 14.8 Å². The van der Waals surface area contributed by atoms with Gasteiger partial charge in [0.15, 0.2) is 0 Å². The Hall–Kier alpha value is -1.65. The Morgan fingerprint density at radius 1 is 1.14 bits per heavy atom. The molecule has 0 aliphatic heterocycles. The molecule has 0 fully saturated rings. The van der Waals surface area contributed by atoms with Crippen LogP contribution in [0.3, 0.4) is 0 Å². The minimum absolute atomic E-state index is 0.0958. The van der Waals surface area contributed by atoms with Gasteiger partial charge in [0.1, 0.15) is 5.82 Å². The molecule has 1 heterocycles. The van der Waals surface area contributed by atoms with Gasteiger partial charge in [-0.2, -0.15) is 0 Å². The Morgan fingerprint density at radius 3 is 2.48 bits per heavy atom. The molecule has 0 aliphatic carbocycles. The average molecular weight is 293 g/mol. The van der Waals surface area contributed by atoms with Crippen molar-refractivity contribution in [3.63, 3.8) is 0 Å². The lowest BCUT2D eigenvalue weighted by Crippen LogP contribution is -2.10. The number of carbonyl (C=O) groups is 1. The highest BCUT2D eigenvalue weighted by Crippen LogP contribution is 2.09. The standard InChI is InChI=1S/C16H27N3O2/c1-3-4-5-6-7-8-9-10-12-17-14-11-13-18-15(19-14)16(20)21-2/h11,13H,3-10,12H2,1-2H3,(H,17,18,19). The highest BCUT2D eigenvalue weighted by molar-refractivity contribution is 5.85. The number of hydrogen-bond acceptors (Lipinski definition) is 5. The molecule has 0 amide bonds. The fourth-order valence-electron chi connectivity index (χ4n) is 2.12. The number of nitrogens with zero attached hydrogens (tertiary/aromatic N) is 2. The van der Waals surface area contributed by atoms with Gasteiger partial charge in [-0.1, -0.05) is 51.9 Å². The molecule has 0 aliphatic rings. The van der Waals surface area contributed by atoms with Crippen molar-refractivity contribution in [3.05, 3.63) is 18.1 Å². The molecule has 0 aromatic carbocycles. The summed E-state index contributed by atoms with van der Waals surface area (Å²) in [5, 5.41) is 3.22. The van der Waals surface area contributed by atoms with E-state index in [1.165, 1.54) is 52.1 Å². The predicted molar refractivity (Wildman–Crippen MR) is 84.5 cm³/mol. The molecule has 1 rings (SSSR count). The molecule has 5 heteroatoms. The van der Waals surface area contributed by atoms with Gasteiger partial charge in [0.05, 0.1) is 7.11 Å². The van der Waals surface area contributed by atoms with E-state index < -0.39 is 5.97 Å². The molecule has 0 saturated heterocycles. The van der Waals surface area contributed by atoms with Crippen molar-refractivity contribution < 1.29 is 9.53 Å². The molecule has 0 unspecified atom stereocenters. The van der Waals surface area contributed by atoms with Gasteiger partial charge in [-0.15, -0.1) is 0 Å². The second-order valence-corrected chi connectivity index (χ2v) is 5.16. The number of unbranched alkanes of at least 4 members (excludes halogenated alkanes) is 7. The fraction of sp³-hybridized carbons (Fsp3) is 0.688. The Bertz CT molecular complexity index is 410. The number of esters is 1. The number of ether oxygens (including phenoxy) is 1.